The maximum Gasteiger partial charge on any atom is 0.253 e. The lowest BCUT2D eigenvalue weighted by Crippen LogP contribution is -2.41. The fourth-order valence-corrected chi connectivity index (χ4v) is 2.80. The summed E-state index contributed by atoms with van der Waals surface area (Å²) in [5.41, 5.74) is 0.350. The number of amides is 1. The first-order valence-corrected chi connectivity index (χ1v) is 7.31. The van der Waals surface area contributed by atoms with Gasteiger partial charge in [0.1, 0.15) is 5.37 Å². The second-order valence-corrected chi connectivity index (χ2v) is 6.83. The third-order valence-corrected chi connectivity index (χ3v) is 4.23. The Morgan fingerprint density at radius 3 is 2.41 bits per heavy atom. The minimum absolute atomic E-state index is 0.350. The van der Waals surface area contributed by atoms with Gasteiger partial charge in [-0.25, -0.2) is 0 Å². The van der Waals surface area contributed by atoms with Crippen LogP contribution in [0.3, 0.4) is 0 Å². The van der Waals surface area contributed by atoms with Crippen molar-refractivity contribution in [3.63, 3.8) is 0 Å². The van der Waals surface area contributed by atoms with Crippen LogP contribution in [0.2, 0.25) is 5.02 Å². The van der Waals surface area contributed by atoms with Crippen LogP contribution in [-0.2, 0) is 0 Å². The molecule has 1 amide bonds. The number of halogens is 4. The fourth-order valence-electron chi connectivity index (χ4n) is 1.12. The standard InChI is InChI=1S/C10H9Cl4NOS/c1-17-9(10(12,13)14)15-8(16)6-4-2-3-5-7(6)11/h2-5,9H,1H3,(H,15,16). The van der Waals surface area contributed by atoms with Crippen molar-refractivity contribution in [1.82, 2.24) is 5.32 Å². The van der Waals surface area contributed by atoms with Gasteiger partial charge in [-0.1, -0.05) is 58.5 Å². The first-order chi connectivity index (χ1) is 7.86. The Bertz CT molecular complexity index is 408. The van der Waals surface area contributed by atoms with Crippen LogP contribution >= 0.6 is 58.2 Å². The average Bonchev–Trinajstić information content (AvgIpc) is 2.24. The Morgan fingerprint density at radius 1 is 1.35 bits per heavy atom. The zero-order valence-electron chi connectivity index (χ0n) is 8.72. The highest BCUT2D eigenvalue weighted by Crippen LogP contribution is 2.35. The van der Waals surface area contributed by atoms with Crippen LogP contribution in [0.5, 0.6) is 0 Å². The van der Waals surface area contributed by atoms with E-state index in [1.807, 2.05) is 0 Å². The first-order valence-electron chi connectivity index (χ1n) is 4.51. The molecule has 17 heavy (non-hydrogen) atoms. The van der Waals surface area contributed by atoms with E-state index in [0.29, 0.717) is 10.6 Å². The van der Waals surface area contributed by atoms with E-state index >= 15 is 0 Å². The number of nitrogens with one attached hydrogen (secondary N) is 1. The van der Waals surface area contributed by atoms with Crippen LogP contribution in [-0.4, -0.2) is 21.3 Å². The van der Waals surface area contributed by atoms with Crippen LogP contribution in [0, 0.1) is 0 Å². The van der Waals surface area contributed by atoms with E-state index in [9.17, 15) is 4.79 Å². The fraction of sp³-hybridized carbons (Fsp3) is 0.300. The van der Waals surface area contributed by atoms with Crippen molar-refractivity contribution in [1.29, 1.82) is 0 Å². The molecule has 1 rings (SSSR count). The molecule has 0 aromatic heterocycles. The van der Waals surface area contributed by atoms with E-state index in [0.717, 1.165) is 0 Å². The van der Waals surface area contributed by atoms with Gasteiger partial charge in [0, 0.05) is 0 Å². The van der Waals surface area contributed by atoms with Gasteiger partial charge < -0.3 is 5.32 Å². The topological polar surface area (TPSA) is 29.1 Å². The molecule has 0 heterocycles. The zero-order valence-corrected chi connectivity index (χ0v) is 12.6. The minimum atomic E-state index is -1.57. The van der Waals surface area contributed by atoms with Crippen molar-refractivity contribution in [2.45, 2.75) is 9.17 Å². The van der Waals surface area contributed by atoms with E-state index < -0.39 is 9.17 Å². The quantitative estimate of drug-likeness (QED) is 0.666. The number of hydrogen-bond acceptors (Lipinski definition) is 2. The molecule has 0 saturated heterocycles. The molecule has 0 fully saturated rings. The molecule has 1 unspecified atom stereocenters. The van der Waals surface area contributed by atoms with Crippen molar-refractivity contribution in [2.75, 3.05) is 6.26 Å². The Kier molecular flexibility index (Phi) is 5.74. The summed E-state index contributed by atoms with van der Waals surface area (Å²) in [4.78, 5) is 11.9. The lowest BCUT2D eigenvalue weighted by molar-refractivity contribution is 0.0950. The summed E-state index contributed by atoms with van der Waals surface area (Å²) < 4.78 is -1.57. The molecule has 2 nitrogen and oxygen atoms in total. The van der Waals surface area contributed by atoms with Gasteiger partial charge >= 0.3 is 0 Å². The second-order valence-electron chi connectivity index (χ2n) is 3.11. The highest BCUT2D eigenvalue weighted by atomic mass is 35.6. The van der Waals surface area contributed by atoms with Gasteiger partial charge in [0.15, 0.2) is 0 Å². The highest BCUT2D eigenvalue weighted by molar-refractivity contribution is 7.99. The number of hydrogen-bond donors (Lipinski definition) is 1. The molecular formula is C10H9Cl4NOS. The number of thioether (sulfide) groups is 1. The predicted octanol–water partition coefficient (Wildman–Crippen LogP) is 4.13. The molecule has 0 aliphatic heterocycles. The third-order valence-electron chi connectivity index (χ3n) is 1.91. The van der Waals surface area contributed by atoms with Gasteiger partial charge in [0.25, 0.3) is 5.91 Å². The number of carbonyl (C=O) groups excluding carboxylic acids is 1. The van der Waals surface area contributed by atoms with Crippen molar-refractivity contribution in [3.05, 3.63) is 34.9 Å². The summed E-state index contributed by atoms with van der Waals surface area (Å²) in [6.07, 6.45) is 1.74. The van der Waals surface area contributed by atoms with E-state index in [2.05, 4.69) is 5.32 Å². The number of carbonyl (C=O) groups is 1. The molecule has 1 aromatic rings. The molecular weight excluding hydrogens is 324 g/mol. The summed E-state index contributed by atoms with van der Waals surface area (Å²) >= 11 is 24.3. The van der Waals surface area contributed by atoms with Crippen molar-refractivity contribution in [3.8, 4) is 0 Å². The molecule has 0 radical (unpaired) electrons. The lowest BCUT2D eigenvalue weighted by Gasteiger charge is -2.23. The Labute approximate surface area is 124 Å². The molecule has 0 aliphatic rings. The van der Waals surface area contributed by atoms with Crippen molar-refractivity contribution < 1.29 is 4.79 Å². The molecule has 94 valence electrons. The van der Waals surface area contributed by atoms with E-state index in [1.54, 1.807) is 30.5 Å². The smallest absolute Gasteiger partial charge is 0.253 e. The monoisotopic (exact) mass is 331 g/mol. The first kappa shape index (κ1) is 15.3. The molecule has 0 bridgehead atoms. The lowest BCUT2D eigenvalue weighted by atomic mass is 10.2. The highest BCUT2D eigenvalue weighted by Gasteiger charge is 2.33. The van der Waals surface area contributed by atoms with Gasteiger partial charge in [0.05, 0.1) is 10.6 Å². The summed E-state index contributed by atoms with van der Waals surface area (Å²) in [6.45, 7) is 0. The Balaban J connectivity index is 2.83. The van der Waals surface area contributed by atoms with E-state index in [1.165, 1.54) is 11.8 Å². The number of rotatable bonds is 3. The third kappa shape index (κ3) is 4.42. The SMILES string of the molecule is CSC(NC(=O)c1ccccc1Cl)C(Cl)(Cl)Cl. The zero-order chi connectivity index (χ0) is 13.1. The summed E-state index contributed by atoms with van der Waals surface area (Å²) in [7, 11) is 0. The van der Waals surface area contributed by atoms with Gasteiger partial charge in [-0.3, -0.25) is 4.79 Å². The van der Waals surface area contributed by atoms with Crippen LogP contribution in [0.15, 0.2) is 24.3 Å². The van der Waals surface area contributed by atoms with Crippen molar-refractivity contribution >= 4 is 64.1 Å². The molecule has 0 aliphatic carbocycles. The summed E-state index contributed by atoms with van der Waals surface area (Å²) in [6, 6.07) is 6.68. The Morgan fingerprint density at radius 2 is 1.94 bits per heavy atom. The van der Waals surface area contributed by atoms with Gasteiger partial charge in [0.2, 0.25) is 3.79 Å². The average molecular weight is 333 g/mol. The number of benzene rings is 1. The van der Waals surface area contributed by atoms with Crippen LogP contribution in [0.25, 0.3) is 0 Å². The summed E-state index contributed by atoms with van der Waals surface area (Å²) in [5, 5.41) is 2.32. The van der Waals surface area contributed by atoms with Gasteiger partial charge in [-0.05, 0) is 18.4 Å². The molecule has 1 atom stereocenters. The van der Waals surface area contributed by atoms with Gasteiger partial charge in [-0.2, -0.15) is 0 Å². The normalized spacial score (nSPS) is 13.2. The summed E-state index contributed by atoms with van der Waals surface area (Å²) in [5.74, 6) is -0.374. The number of alkyl halides is 3. The maximum atomic E-state index is 11.9. The molecule has 7 heteroatoms. The Hall–Kier alpha value is 0.200. The van der Waals surface area contributed by atoms with Crippen LogP contribution < -0.4 is 5.32 Å². The largest absolute Gasteiger partial charge is 0.336 e. The predicted molar refractivity (Wildman–Crippen MR) is 76.5 cm³/mol. The van der Waals surface area contributed by atoms with Crippen LogP contribution in [0.1, 0.15) is 10.4 Å². The second kappa shape index (κ2) is 6.39. The molecule has 0 spiro atoms. The molecule has 0 saturated carbocycles. The molecule has 1 N–H and O–H groups in total. The maximum absolute atomic E-state index is 11.9. The van der Waals surface area contributed by atoms with Crippen LogP contribution in [0.4, 0.5) is 0 Å². The van der Waals surface area contributed by atoms with Crippen molar-refractivity contribution in [2.24, 2.45) is 0 Å². The molecule has 1 aromatic carbocycles. The van der Waals surface area contributed by atoms with Gasteiger partial charge in [-0.15, -0.1) is 11.8 Å². The van der Waals surface area contributed by atoms with E-state index in [4.69, 9.17) is 46.4 Å². The minimum Gasteiger partial charge on any atom is -0.336 e. The van der Waals surface area contributed by atoms with E-state index in [-0.39, 0.29) is 5.91 Å².